The SMILES string of the molecule is COc1cc(N)cc(-c2cc[nH]c(=O)c2)c1. The van der Waals surface area contributed by atoms with Gasteiger partial charge in [0.05, 0.1) is 7.11 Å². The van der Waals surface area contributed by atoms with Crippen molar-refractivity contribution in [3.63, 3.8) is 0 Å². The Morgan fingerprint density at radius 2 is 2.00 bits per heavy atom. The highest BCUT2D eigenvalue weighted by Gasteiger charge is 2.02. The number of aromatic amines is 1. The van der Waals surface area contributed by atoms with E-state index in [1.54, 1.807) is 25.4 Å². The van der Waals surface area contributed by atoms with Gasteiger partial charge in [-0.25, -0.2) is 0 Å². The summed E-state index contributed by atoms with van der Waals surface area (Å²) in [4.78, 5) is 13.8. The second-order valence-corrected chi connectivity index (χ2v) is 3.44. The Kier molecular flexibility index (Phi) is 2.64. The van der Waals surface area contributed by atoms with Crippen LogP contribution in [-0.2, 0) is 0 Å². The third-order valence-corrected chi connectivity index (χ3v) is 2.27. The molecule has 0 saturated carbocycles. The standard InChI is InChI=1S/C12H12N2O2/c1-16-11-5-9(4-10(13)7-11)8-2-3-14-12(15)6-8/h2-7H,13H2,1H3,(H,14,15). The molecule has 4 nitrogen and oxygen atoms in total. The van der Waals surface area contributed by atoms with E-state index in [2.05, 4.69) is 4.98 Å². The average molecular weight is 216 g/mol. The fourth-order valence-corrected chi connectivity index (χ4v) is 1.53. The molecule has 0 aliphatic heterocycles. The summed E-state index contributed by atoms with van der Waals surface area (Å²) in [6.07, 6.45) is 1.60. The van der Waals surface area contributed by atoms with Gasteiger partial charge >= 0.3 is 0 Å². The lowest BCUT2D eigenvalue weighted by Gasteiger charge is -2.06. The molecule has 82 valence electrons. The number of hydrogen-bond donors (Lipinski definition) is 2. The number of nitrogens with one attached hydrogen (secondary N) is 1. The summed E-state index contributed by atoms with van der Waals surface area (Å²) in [5, 5.41) is 0. The van der Waals surface area contributed by atoms with E-state index < -0.39 is 0 Å². The molecule has 0 aliphatic carbocycles. The van der Waals surface area contributed by atoms with Crippen LogP contribution >= 0.6 is 0 Å². The highest BCUT2D eigenvalue weighted by Crippen LogP contribution is 2.25. The number of benzene rings is 1. The van der Waals surface area contributed by atoms with Gasteiger partial charge in [-0.1, -0.05) is 0 Å². The quantitative estimate of drug-likeness (QED) is 0.750. The molecule has 0 unspecified atom stereocenters. The van der Waals surface area contributed by atoms with E-state index in [9.17, 15) is 4.79 Å². The minimum Gasteiger partial charge on any atom is -0.497 e. The number of H-pyrrole nitrogens is 1. The molecule has 16 heavy (non-hydrogen) atoms. The van der Waals surface area contributed by atoms with Crippen LogP contribution < -0.4 is 16.0 Å². The Labute approximate surface area is 92.7 Å². The molecular weight excluding hydrogens is 204 g/mol. The summed E-state index contributed by atoms with van der Waals surface area (Å²) in [6.45, 7) is 0. The first-order chi connectivity index (χ1) is 7.69. The van der Waals surface area contributed by atoms with Crippen LogP contribution in [0.25, 0.3) is 11.1 Å². The molecule has 0 fully saturated rings. The van der Waals surface area contributed by atoms with E-state index in [0.717, 1.165) is 11.1 Å². The highest BCUT2D eigenvalue weighted by atomic mass is 16.5. The van der Waals surface area contributed by atoms with Crippen LogP contribution in [0.5, 0.6) is 5.75 Å². The highest BCUT2D eigenvalue weighted by molar-refractivity contribution is 5.69. The smallest absolute Gasteiger partial charge is 0.248 e. The van der Waals surface area contributed by atoms with Crippen LogP contribution in [0.2, 0.25) is 0 Å². The van der Waals surface area contributed by atoms with E-state index in [-0.39, 0.29) is 5.56 Å². The van der Waals surface area contributed by atoms with Gasteiger partial charge in [-0.15, -0.1) is 0 Å². The van der Waals surface area contributed by atoms with Crippen LogP contribution in [0.3, 0.4) is 0 Å². The average Bonchev–Trinajstić information content (AvgIpc) is 2.28. The van der Waals surface area contributed by atoms with Crippen LogP contribution in [0.1, 0.15) is 0 Å². The molecule has 0 aliphatic rings. The Hall–Kier alpha value is -2.23. The van der Waals surface area contributed by atoms with Crippen molar-refractivity contribution >= 4 is 5.69 Å². The van der Waals surface area contributed by atoms with Gasteiger partial charge in [0.15, 0.2) is 0 Å². The minimum atomic E-state index is -0.140. The number of methoxy groups -OCH3 is 1. The maximum atomic E-state index is 11.2. The molecule has 0 amide bonds. The summed E-state index contributed by atoms with van der Waals surface area (Å²) in [5.41, 5.74) is 7.89. The Balaban J connectivity index is 2.55. The van der Waals surface area contributed by atoms with E-state index in [0.29, 0.717) is 11.4 Å². The fourth-order valence-electron chi connectivity index (χ4n) is 1.53. The normalized spacial score (nSPS) is 10.1. The molecule has 0 radical (unpaired) electrons. The van der Waals surface area contributed by atoms with Crippen LogP contribution in [0, 0.1) is 0 Å². The second-order valence-electron chi connectivity index (χ2n) is 3.44. The molecular formula is C12H12N2O2. The molecule has 1 aromatic heterocycles. The first-order valence-electron chi connectivity index (χ1n) is 4.83. The first kappa shape index (κ1) is 10.3. The monoisotopic (exact) mass is 216 g/mol. The van der Waals surface area contributed by atoms with Crippen molar-refractivity contribution in [1.29, 1.82) is 0 Å². The molecule has 1 aromatic carbocycles. The number of aromatic nitrogens is 1. The second kappa shape index (κ2) is 4.10. The van der Waals surface area contributed by atoms with E-state index in [4.69, 9.17) is 10.5 Å². The van der Waals surface area contributed by atoms with Gasteiger partial charge in [0.2, 0.25) is 5.56 Å². The molecule has 0 spiro atoms. The van der Waals surface area contributed by atoms with Gasteiger partial charge in [0.25, 0.3) is 0 Å². The lowest BCUT2D eigenvalue weighted by atomic mass is 10.1. The van der Waals surface area contributed by atoms with E-state index >= 15 is 0 Å². The summed E-state index contributed by atoms with van der Waals surface area (Å²) >= 11 is 0. The molecule has 0 atom stereocenters. The van der Waals surface area contributed by atoms with Gasteiger partial charge in [-0.05, 0) is 29.3 Å². The van der Waals surface area contributed by atoms with Crippen molar-refractivity contribution in [3.05, 3.63) is 46.9 Å². The number of hydrogen-bond acceptors (Lipinski definition) is 3. The number of ether oxygens (including phenoxy) is 1. The number of rotatable bonds is 2. The van der Waals surface area contributed by atoms with Crippen LogP contribution in [0.15, 0.2) is 41.3 Å². The van der Waals surface area contributed by atoms with Crippen LogP contribution in [-0.4, -0.2) is 12.1 Å². The van der Waals surface area contributed by atoms with Gasteiger partial charge in [0, 0.05) is 24.0 Å². The van der Waals surface area contributed by atoms with E-state index in [1.807, 2.05) is 12.1 Å². The van der Waals surface area contributed by atoms with Gasteiger partial charge in [-0.3, -0.25) is 4.79 Å². The molecule has 0 bridgehead atoms. The predicted octanol–water partition coefficient (Wildman–Crippen LogP) is 1.63. The predicted molar refractivity (Wildman–Crippen MR) is 63.5 cm³/mol. The van der Waals surface area contributed by atoms with Crippen molar-refractivity contribution in [1.82, 2.24) is 4.98 Å². The molecule has 3 N–H and O–H groups in total. The lowest BCUT2D eigenvalue weighted by Crippen LogP contribution is -2.02. The largest absolute Gasteiger partial charge is 0.497 e. The number of pyridine rings is 1. The van der Waals surface area contributed by atoms with Gasteiger partial charge in [-0.2, -0.15) is 0 Å². The van der Waals surface area contributed by atoms with Crippen molar-refractivity contribution in [2.45, 2.75) is 0 Å². The molecule has 4 heteroatoms. The topological polar surface area (TPSA) is 68.1 Å². The third kappa shape index (κ3) is 2.06. The summed E-state index contributed by atoms with van der Waals surface area (Å²) in [5.74, 6) is 0.676. The van der Waals surface area contributed by atoms with Crippen molar-refractivity contribution in [3.8, 4) is 16.9 Å². The Bertz CT molecular complexity index is 561. The first-order valence-corrected chi connectivity index (χ1v) is 4.83. The van der Waals surface area contributed by atoms with E-state index in [1.165, 1.54) is 6.07 Å². The molecule has 2 rings (SSSR count). The third-order valence-electron chi connectivity index (χ3n) is 2.27. The Morgan fingerprint density at radius 1 is 1.19 bits per heavy atom. The number of nitrogens with two attached hydrogens (primary N) is 1. The van der Waals surface area contributed by atoms with Crippen LogP contribution in [0.4, 0.5) is 5.69 Å². The maximum Gasteiger partial charge on any atom is 0.248 e. The van der Waals surface area contributed by atoms with Crippen molar-refractivity contribution in [2.75, 3.05) is 12.8 Å². The lowest BCUT2D eigenvalue weighted by molar-refractivity contribution is 0.415. The number of nitrogen functional groups attached to an aromatic ring is 1. The Morgan fingerprint density at radius 3 is 2.69 bits per heavy atom. The fraction of sp³-hybridized carbons (Fsp3) is 0.0833. The zero-order chi connectivity index (χ0) is 11.5. The number of anilines is 1. The zero-order valence-corrected chi connectivity index (χ0v) is 8.86. The van der Waals surface area contributed by atoms with Crippen molar-refractivity contribution in [2.24, 2.45) is 0 Å². The van der Waals surface area contributed by atoms with Gasteiger partial charge in [0.1, 0.15) is 5.75 Å². The summed E-state index contributed by atoms with van der Waals surface area (Å²) in [7, 11) is 1.58. The summed E-state index contributed by atoms with van der Waals surface area (Å²) < 4.78 is 5.12. The van der Waals surface area contributed by atoms with Crippen molar-refractivity contribution < 1.29 is 4.74 Å². The van der Waals surface area contributed by atoms with Gasteiger partial charge < -0.3 is 15.5 Å². The minimum absolute atomic E-state index is 0.140. The molecule has 1 heterocycles. The molecule has 0 saturated heterocycles. The summed E-state index contributed by atoms with van der Waals surface area (Å²) in [6, 6.07) is 8.71. The zero-order valence-electron chi connectivity index (χ0n) is 8.86. The maximum absolute atomic E-state index is 11.2. The molecule has 2 aromatic rings.